The van der Waals surface area contributed by atoms with E-state index in [4.69, 9.17) is 9.47 Å². The summed E-state index contributed by atoms with van der Waals surface area (Å²) in [4.78, 5) is 37.3. The molecule has 0 radical (unpaired) electrons. The molecule has 0 aromatic rings. The second kappa shape index (κ2) is 8.00. The van der Waals surface area contributed by atoms with Crippen molar-refractivity contribution in [1.82, 2.24) is 10.2 Å². The fraction of sp³-hybridized carbons (Fsp3) is 0.800. The van der Waals surface area contributed by atoms with Crippen molar-refractivity contribution < 1.29 is 23.9 Å². The van der Waals surface area contributed by atoms with E-state index >= 15 is 0 Å². The third kappa shape index (κ3) is 5.91. The van der Waals surface area contributed by atoms with Crippen LogP contribution in [0.15, 0.2) is 0 Å². The van der Waals surface area contributed by atoms with Crippen molar-refractivity contribution in [3.05, 3.63) is 0 Å². The molecule has 1 atom stereocenters. The number of unbranched alkanes of at least 4 members (excludes halogenated alkanes) is 1. The van der Waals surface area contributed by atoms with Gasteiger partial charge in [0.1, 0.15) is 11.6 Å². The minimum absolute atomic E-state index is 0.158. The molecule has 22 heavy (non-hydrogen) atoms. The van der Waals surface area contributed by atoms with Gasteiger partial charge in [0.2, 0.25) is 5.91 Å². The maximum Gasteiger partial charge on any atom is 0.411 e. The van der Waals surface area contributed by atoms with E-state index in [0.717, 1.165) is 12.8 Å². The Balaban J connectivity index is 2.67. The van der Waals surface area contributed by atoms with Crippen molar-refractivity contribution in [3.63, 3.8) is 0 Å². The van der Waals surface area contributed by atoms with Crippen molar-refractivity contribution in [2.45, 2.75) is 58.6 Å². The minimum atomic E-state index is -0.877. The molecule has 7 heteroatoms. The largest absolute Gasteiger partial charge is 0.466 e. The molecular weight excluding hydrogens is 288 g/mol. The summed E-state index contributed by atoms with van der Waals surface area (Å²) >= 11 is 0. The molecule has 0 saturated carbocycles. The quantitative estimate of drug-likeness (QED) is 0.613. The number of rotatable bonds is 5. The minimum Gasteiger partial charge on any atom is -0.466 e. The van der Waals surface area contributed by atoms with E-state index in [1.54, 1.807) is 20.8 Å². The van der Waals surface area contributed by atoms with Crippen molar-refractivity contribution in [2.24, 2.45) is 0 Å². The molecule has 0 aromatic heterocycles. The highest BCUT2D eigenvalue weighted by atomic mass is 16.6. The highest BCUT2D eigenvalue weighted by Crippen LogP contribution is 2.16. The third-order valence-electron chi connectivity index (χ3n) is 3.08. The smallest absolute Gasteiger partial charge is 0.411 e. The predicted molar refractivity (Wildman–Crippen MR) is 80.2 cm³/mol. The van der Waals surface area contributed by atoms with Gasteiger partial charge in [-0.3, -0.25) is 14.5 Å². The summed E-state index contributed by atoms with van der Waals surface area (Å²) in [6.07, 6.45) is 0.947. The van der Waals surface area contributed by atoms with E-state index in [2.05, 4.69) is 5.32 Å². The fourth-order valence-corrected chi connectivity index (χ4v) is 2.00. The molecule has 1 unspecified atom stereocenters. The number of ether oxygens (including phenoxy) is 2. The average molecular weight is 314 g/mol. The fourth-order valence-electron chi connectivity index (χ4n) is 2.00. The first-order valence-corrected chi connectivity index (χ1v) is 7.67. The highest BCUT2D eigenvalue weighted by molar-refractivity contribution is 5.90. The van der Waals surface area contributed by atoms with Gasteiger partial charge in [-0.15, -0.1) is 0 Å². The predicted octanol–water partition coefficient (Wildman–Crippen LogP) is 1.46. The zero-order chi connectivity index (χ0) is 16.8. The summed E-state index contributed by atoms with van der Waals surface area (Å²) in [5, 5.41) is 2.66. The summed E-state index contributed by atoms with van der Waals surface area (Å²) in [7, 11) is 0. The Morgan fingerprint density at radius 1 is 1.36 bits per heavy atom. The highest BCUT2D eigenvalue weighted by Gasteiger charge is 2.37. The second-order valence-corrected chi connectivity index (χ2v) is 6.26. The summed E-state index contributed by atoms with van der Waals surface area (Å²) < 4.78 is 10.4. The van der Waals surface area contributed by atoms with Crippen LogP contribution in [0.2, 0.25) is 0 Å². The Kier molecular flexibility index (Phi) is 6.64. The average Bonchev–Trinajstić information content (AvgIpc) is 2.39. The number of carbonyl (C=O) groups is 3. The first kappa shape index (κ1) is 18.3. The molecule has 0 spiro atoms. The molecule has 2 amide bonds. The first-order chi connectivity index (χ1) is 10.2. The molecule has 7 nitrogen and oxygen atoms in total. The van der Waals surface area contributed by atoms with Crippen LogP contribution in [0.3, 0.4) is 0 Å². The molecule has 0 aliphatic carbocycles. The zero-order valence-corrected chi connectivity index (χ0v) is 13.8. The first-order valence-electron chi connectivity index (χ1n) is 7.67. The van der Waals surface area contributed by atoms with E-state index in [1.165, 1.54) is 4.90 Å². The number of piperazine rings is 1. The Morgan fingerprint density at radius 3 is 2.64 bits per heavy atom. The normalized spacial score (nSPS) is 18.6. The van der Waals surface area contributed by atoms with E-state index < -0.39 is 23.7 Å². The van der Waals surface area contributed by atoms with E-state index in [-0.39, 0.29) is 12.3 Å². The van der Waals surface area contributed by atoms with Crippen LogP contribution >= 0.6 is 0 Å². The molecule has 1 aliphatic rings. The van der Waals surface area contributed by atoms with Crippen molar-refractivity contribution in [2.75, 3.05) is 19.7 Å². The van der Waals surface area contributed by atoms with Crippen LogP contribution in [0.5, 0.6) is 0 Å². The number of amides is 2. The molecule has 1 rings (SSSR count). The number of carbonyl (C=O) groups excluding carboxylic acids is 3. The van der Waals surface area contributed by atoms with E-state index in [9.17, 15) is 14.4 Å². The lowest BCUT2D eigenvalue weighted by atomic mass is 10.1. The van der Waals surface area contributed by atoms with Gasteiger partial charge in [0.25, 0.3) is 0 Å². The monoisotopic (exact) mass is 314 g/mol. The summed E-state index contributed by atoms with van der Waals surface area (Å²) in [5.41, 5.74) is -0.656. The lowest BCUT2D eigenvalue weighted by molar-refractivity contribution is -0.148. The Hall–Kier alpha value is -1.79. The van der Waals surface area contributed by atoms with E-state index in [0.29, 0.717) is 19.7 Å². The van der Waals surface area contributed by atoms with Gasteiger partial charge in [-0.1, -0.05) is 13.3 Å². The number of hydrogen-bond donors (Lipinski definition) is 1. The van der Waals surface area contributed by atoms with Crippen LogP contribution in [0.4, 0.5) is 4.79 Å². The topological polar surface area (TPSA) is 84.9 Å². The molecule has 1 fully saturated rings. The Morgan fingerprint density at radius 2 is 2.05 bits per heavy atom. The molecular formula is C15H26N2O5. The van der Waals surface area contributed by atoms with Crippen LogP contribution in [0.1, 0.15) is 47.0 Å². The zero-order valence-electron chi connectivity index (χ0n) is 13.8. The second-order valence-electron chi connectivity index (χ2n) is 6.26. The van der Waals surface area contributed by atoms with Gasteiger partial charge >= 0.3 is 12.1 Å². The van der Waals surface area contributed by atoms with Crippen LogP contribution in [0.25, 0.3) is 0 Å². The van der Waals surface area contributed by atoms with Gasteiger partial charge in [0.05, 0.1) is 13.0 Å². The molecule has 126 valence electrons. The number of esters is 1. The van der Waals surface area contributed by atoms with Crippen molar-refractivity contribution in [1.29, 1.82) is 0 Å². The maximum absolute atomic E-state index is 12.2. The SMILES string of the molecule is CCCCOC(=O)CC1C(=O)NCCN1C(=O)OC(C)(C)C. The Labute approximate surface area is 131 Å². The molecule has 0 bridgehead atoms. The lowest BCUT2D eigenvalue weighted by Gasteiger charge is -2.35. The van der Waals surface area contributed by atoms with Crippen LogP contribution < -0.4 is 5.32 Å². The summed E-state index contributed by atoms with van der Waals surface area (Å²) in [6.45, 7) is 8.24. The third-order valence-corrected chi connectivity index (χ3v) is 3.08. The van der Waals surface area contributed by atoms with Crippen molar-refractivity contribution in [3.8, 4) is 0 Å². The number of nitrogens with zero attached hydrogens (tertiary/aromatic N) is 1. The summed E-state index contributed by atoms with van der Waals surface area (Å²) in [6, 6.07) is -0.877. The van der Waals surface area contributed by atoms with Gasteiger partial charge in [-0.05, 0) is 27.2 Å². The summed E-state index contributed by atoms with van der Waals surface area (Å²) in [5.74, 6) is -0.839. The Bertz CT molecular complexity index is 417. The lowest BCUT2D eigenvalue weighted by Crippen LogP contribution is -2.58. The van der Waals surface area contributed by atoms with Gasteiger partial charge in [-0.2, -0.15) is 0 Å². The molecule has 1 heterocycles. The van der Waals surface area contributed by atoms with Gasteiger partial charge in [0, 0.05) is 13.1 Å². The number of hydrogen-bond acceptors (Lipinski definition) is 5. The number of nitrogens with one attached hydrogen (secondary N) is 1. The molecule has 0 aromatic carbocycles. The van der Waals surface area contributed by atoms with Gasteiger partial charge in [-0.25, -0.2) is 4.79 Å². The molecule has 1 N–H and O–H groups in total. The molecule has 1 aliphatic heterocycles. The van der Waals surface area contributed by atoms with Gasteiger partial charge in [0.15, 0.2) is 0 Å². The van der Waals surface area contributed by atoms with E-state index in [1.807, 2.05) is 6.92 Å². The standard InChI is InChI=1S/C15H26N2O5/c1-5-6-9-21-12(18)10-11-13(19)16-7-8-17(11)14(20)22-15(2,3)4/h11H,5-10H2,1-4H3,(H,16,19). The van der Waals surface area contributed by atoms with Crippen LogP contribution in [-0.4, -0.2) is 54.2 Å². The van der Waals surface area contributed by atoms with Crippen molar-refractivity contribution >= 4 is 18.0 Å². The molecule has 1 saturated heterocycles. The van der Waals surface area contributed by atoms with Gasteiger partial charge < -0.3 is 14.8 Å². The van der Waals surface area contributed by atoms with Crippen LogP contribution in [-0.2, 0) is 19.1 Å². The van der Waals surface area contributed by atoms with Crippen LogP contribution in [0, 0.1) is 0 Å². The maximum atomic E-state index is 12.2.